The van der Waals surface area contributed by atoms with Crippen molar-refractivity contribution in [1.29, 1.82) is 5.26 Å². The molecule has 0 saturated carbocycles. The summed E-state index contributed by atoms with van der Waals surface area (Å²) in [6, 6.07) is 4.36. The Balaban J connectivity index is 2.44. The van der Waals surface area contributed by atoms with E-state index in [1.807, 2.05) is 0 Å². The van der Waals surface area contributed by atoms with Gasteiger partial charge in [0.15, 0.2) is 11.3 Å². The molecule has 3 N–H and O–H groups in total. The minimum absolute atomic E-state index is 0.128. The molecule has 0 atom stereocenters. The Labute approximate surface area is 163 Å². The number of phenols is 2. The van der Waals surface area contributed by atoms with Crippen LogP contribution < -0.4 is 0 Å². The van der Waals surface area contributed by atoms with Gasteiger partial charge in [-0.25, -0.2) is 4.39 Å². The normalized spacial score (nSPS) is 11.4. The lowest BCUT2D eigenvalue weighted by Crippen LogP contribution is -2.28. The Morgan fingerprint density at radius 2 is 2.03 bits per heavy atom. The highest BCUT2D eigenvalue weighted by atomic mass is 19.1. The van der Waals surface area contributed by atoms with E-state index < -0.39 is 50.7 Å². The van der Waals surface area contributed by atoms with Gasteiger partial charge in [0.25, 0.3) is 5.91 Å². The Kier molecular flexibility index (Phi) is 5.98. The summed E-state index contributed by atoms with van der Waals surface area (Å²) < 4.78 is 13.9. The SMILES string of the molecule is Cc1cc(CN(C)C(=O)/C(C#N)=C(\O)c2cc(O)c(O)c([N+](=O)[O-])c2)c(F)cn1. The average molecular weight is 402 g/mol. The number of hydrogen-bond acceptors (Lipinski definition) is 8. The summed E-state index contributed by atoms with van der Waals surface area (Å²) in [4.78, 5) is 27.2. The molecule has 150 valence electrons. The lowest BCUT2D eigenvalue weighted by molar-refractivity contribution is -0.386. The average Bonchev–Trinajstić information content (AvgIpc) is 2.66. The quantitative estimate of drug-likeness (QED) is 0.171. The summed E-state index contributed by atoms with van der Waals surface area (Å²) in [6.07, 6.45) is 0.986. The van der Waals surface area contributed by atoms with Gasteiger partial charge in [0.2, 0.25) is 5.75 Å². The number of carbonyl (C=O) groups is 1. The first-order valence-corrected chi connectivity index (χ1v) is 7.97. The van der Waals surface area contributed by atoms with Crippen LogP contribution in [0.3, 0.4) is 0 Å². The zero-order chi connectivity index (χ0) is 21.9. The van der Waals surface area contributed by atoms with Gasteiger partial charge < -0.3 is 20.2 Å². The van der Waals surface area contributed by atoms with E-state index in [-0.39, 0.29) is 12.1 Å². The fourth-order valence-corrected chi connectivity index (χ4v) is 2.47. The second-order valence-corrected chi connectivity index (χ2v) is 6.03. The highest BCUT2D eigenvalue weighted by molar-refractivity contribution is 6.03. The predicted octanol–water partition coefficient (Wildman–Crippen LogP) is 2.30. The number of aliphatic hydroxyl groups excluding tert-OH is 1. The number of nitro benzene ring substituents is 1. The van der Waals surface area contributed by atoms with Crippen molar-refractivity contribution in [3.05, 3.63) is 62.7 Å². The van der Waals surface area contributed by atoms with Crippen LogP contribution in [0.4, 0.5) is 10.1 Å². The maximum absolute atomic E-state index is 13.9. The number of carbonyl (C=O) groups excluding carboxylic acids is 1. The molecule has 0 unspecified atom stereocenters. The number of aryl methyl sites for hydroxylation is 1. The van der Waals surface area contributed by atoms with E-state index >= 15 is 0 Å². The standard InChI is InChI=1S/C18H15FN4O6/c1-9-3-11(13(19)7-21-9)8-22(2)18(27)12(6-20)16(25)10-4-14(23(28)29)17(26)15(24)5-10/h3-5,7,24-26H,8H2,1-2H3/b16-12-. The largest absolute Gasteiger partial charge is 0.506 e. The van der Waals surface area contributed by atoms with Crippen molar-refractivity contribution < 1.29 is 29.4 Å². The number of benzene rings is 1. The third kappa shape index (κ3) is 4.38. The van der Waals surface area contributed by atoms with Crippen molar-refractivity contribution in [3.63, 3.8) is 0 Å². The zero-order valence-corrected chi connectivity index (χ0v) is 15.2. The van der Waals surface area contributed by atoms with Gasteiger partial charge in [-0.05, 0) is 19.1 Å². The van der Waals surface area contributed by atoms with E-state index in [2.05, 4.69) is 4.98 Å². The predicted molar refractivity (Wildman–Crippen MR) is 97.0 cm³/mol. The molecule has 1 aromatic heterocycles. The van der Waals surface area contributed by atoms with Crippen molar-refractivity contribution in [1.82, 2.24) is 9.88 Å². The number of nitriles is 1. The molecule has 1 aromatic carbocycles. The van der Waals surface area contributed by atoms with Gasteiger partial charge in [-0.15, -0.1) is 0 Å². The molecule has 0 radical (unpaired) electrons. The number of hydrogen-bond donors (Lipinski definition) is 3. The topological polar surface area (TPSA) is 161 Å². The molecule has 0 aliphatic heterocycles. The molecule has 0 aliphatic carbocycles. The first-order chi connectivity index (χ1) is 13.6. The third-order valence-corrected chi connectivity index (χ3v) is 3.93. The van der Waals surface area contributed by atoms with Gasteiger partial charge in [-0.1, -0.05) is 0 Å². The molecule has 29 heavy (non-hydrogen) atoms. The number of rotatable bonds is 5. The zero-order valence-electron chi connectivity index (χ0n) is 15.2. The monoisotopic (exact) mass is 402 g/mol. The Hall–Kier alpha value is -4.20. The summed E-state index contributed by atoms with van der Waals surface area (Å²) in [6.45, 7) is 1.38. The number of nitrogens with zero attached hydrogens (tertiary/aromatic N) is 4. The van der Waals surface area contributed by atoms with Crippen LogP contribution in [0.2, 0.25) is 0 Å². The Morgan fingerprint density at radius 1 is 1.38 bits per heavy atom. The molecular weight excluding hydrogens is 387 g/mol. The summed E-state index contributed by atoms with van der Waals surface area (Å²) in [7, 11) is 1.26. The summed E-state index contributed by atoms with van der Waals surface area (Å²) >= 11 is 0. The van der Waals surface area contributed by atoms with Crippen LogP contribution in [0.15, 0.2) is 30.0 Å². The minimum Gasteiger partial charge on any atom is -0.506 e. The Morgan fingerprint density at radius 3 is 2.62 bits per heavy atom. The van der Waals surface area contributed by atoms with E-state index in [0.29, 0.717) is 11.8 Å². The molecule has 2 aromatic rings. The van der Waals surface area contributed by atoms with Crippen LogP contribution in [-0.2, 0) is 11.3 Å². The molecule has 0 aliphatic rings. The molecule has 2 rings (SSSR count). The van der Waals surface area contributed by atoms with E-state index in [9.17, 15) is 39.9 Å². The van der Waals surface area contributed by atoms with E-state index in [1.54, 1.807) is 6.92 Å². The van der Waals surface area contributed by atoms with Crippen LogP contribution in [0.1, 0.15) is 16.8 Å². The van der Waals surface area contributed by atoms with Crippen molar-refractivity contribution in [2.24, 2.45) is 0 Å². The summed E-state index contributed by atoms with van der Waals surface area (Å²) in [5, 5.41) is 49.7. The van der Waals surface area contributed by atoms with E-state index in [1.165, 1.54) is 19.2 Å². The minimum atomic E-state index is -1.03. The number of aliphatic hydroxyl groups is 1. The fraction of sp³-hybridized carbons (Fsp3) is 0.167. The maximum atomic E-state index is 13.9. The highest BCUT2D eigenvalue weighted by Crippen LogP contribution is 2.38. The third-order valence-electron chi connectivity index (χ3n) is 3.93. The number of pyridine rings is 1. The highest BCUT2D eigenvalue weighted by Gasteiger charge is 2.25. The number of aromatic nitrogens is 1. The van der Waals surface area contributed by atoms with Crippen LogP contribution in [0.5, 0.6) is 11.5 Å². The molecule has 0 fully saturated rings. The van der Waals surface area contributed by atoms with Gasteiger partial charge >= 0.3 is 5.69 Å². The van der Waals surface area contributed by atoms with Gasteiger partial charge in [-0.2, -0.15) is 5.26 Å². The number of likely N-dealkylation sites (N-methyl/N-ethyl adjacent to an activating group) is 1. The molecule has 1 heterocycles. The van der Waals surface area contributed by atoms with Crippen molar-refractivity contribution in [3.8, 4) is 17.6 Å². The van der Waals surface area contributed by atoms with Crippen molar-refractivity contribution >= 4 is 17.4 Å². The number of nitro groups is 1. The molecule has 0 spiro atoms. The number of phenolic OH excluding ortho intramolecular Hbond substituents is 2. The van der Waals surface area contributed by atoms with Gasteiger partial charge in [0, 0.05) is 36.5 Å². The second-order valence-electron chi connectivity index (χ2n) is 6.03. The van der Waals surface area contributed by atoms with Gasteiger partial charge in [0.1, 0.15) is 17.6 Å². The lowest BCUT2D eigenvalue weighted by atomic mass is 10.1. The maximum Gasteiger partial charge on any atom is 0.315 e. The first kappa shape index (κ1) is 21.1. The van der Waals surface area contributed by atoms with Crippen LogP contribution >= 0.6 is 0 Å². The Bertz CT molecular complexity index is 1080. The lowest BCUT2D eigenvalue weighted by Gasteiger charge is -2.18. The van der Waals surface area contributed by atoms with E-state index in [0.717, 1.165) is 17.2 Å². The fourth-order valence-electron chi connectivity index (χ4n) is 2.47. The van der Waals surface area contributed by atoms with E-state index in [4.69, 9.17) is 0 Å². The van der Waals surface area contributed by atoms with Crippen LogP contribution in [0.25, 0.3) is 5.76 Å². The van der Waals surface area contributed by atoms with Crippen molar-refractivity contribution in [2.75, 3.05) is 7.05 Å². The molecule has 1 amide bonds. The number of amides is 1. The van der Waals surface area contributed by atoms with Crippen molar-refractivity contribution in [2.45, 2.75) is 13.5 Å². The molecule has 0 bridgehead atoms. The molecule has 10 nitrogen and oxygen atoms in total. The first-order valence-electron chi connectivity index (χ1n) is 7.97. The number of aromatic hydroxyl groups is 2. The molecule has 11 heteroatoms. The number of halogens is 1. The van der Waals surface area contributed by atoms with Crippen LogP contribution in [-0.4, -0.2) is 43.1 Å². The van der Waals surface area contributed by atoms with Gasteiger partial charge in [-0.3, -0.25) is 19.9 Å². The second kappa shape index (κ2) is 8.22. The molecular formula is C18H15FN4O6. The summed E-state index contributed by atoms with van der Waals surface area (Å²) in [5.74, 6) is -4.56. The summed E-state index contributed by atoms with van der Waals surface area (Å²) in [5.41, 5.74) is -1.52. The smallest absolute Gasteiger partial charge is 0.315 e. The molecule has 0 saturated heterocycles. The van der Waals surface area contributed by atoms with Gasteiger partial charge in [0.05, 0.1) is 11.1 Å². The van der Waals surface area contributed by atoms with Crippen LogP contribution in [0, 0.1) is 34.2 Å².